The van der Waals surface area contributed by atoms with Crippen LogP contribution in [-0.2, 0) is 14.4 Å². The highest BCUT2D eigenvalue weighted by atomic mass is 16.4. The van der Waals surface area contributed by atoms with Crippen molar-refractivity contribution in [3.63, 3.8) is 0 Å². The molecule has 15 heavy (non-hydrogen) atoms. The molecule has 0 aromatic carbocycles. The van der Waals surface area contributed by atoms with Crippen molar-refractivity contribution >= 4 is 17.8 Å². The van der Waals surface area contributed by atoms with Crippen LogP contribution in [0.15, 0.2) is 11.6 Å². The molecule has 0 aromatic heterocycles. The zero-order chi connectivity index (χ0) is 11.8. The maximum atomic E-state index is 11.1. The molecule has 0 radical (unpaired) electrons. The second kappa shape index (κ2) is 6.58. The average molecular weight is 215 g/mol. The number of carbonyl (C=O) groups excluding carboxylic acids is 1. The van der Waals surface area contributed by atoms with Crippen molar-refractivity contribution in [2.75, 3.05) is 6.54 Å². The minimum atomic E-state index is -1.40. The lowest BCUT2D eigenvalue weighted by atomic mass is 10.2. The van der Waals surface area contributed by atoms with Crippen LogP contribution in [0.2, 0.25) is 0 Å². The topological polar surface area (TPSA) is 104 Å². The molecule has 0 fully saturated rings. The van der Waals surface area contributed by atoms with Gasteiger partial charge in [-0.05, 0) is 6.42 Å². The zero-order valence-corrected chi connectivity index (χ0v) is 8.32. The lowest BCUT2D eigenvalue weighted by Gasteiger charge is -2.00. The number of aliphatic carboxylic acids is 2. The first-order valence-electron chi connectivity index (χ1n) is 4.40. The Balaban J connectivity index is 4.46. The second-order valence-electron chi connectivity index (χ2n) is 2.84. The molecule has 0 bridgehead atoms. The van der Waals surface area contributed by atoms with Gasteiger partial charge in [-0.2, -0.15) is 0 Å². The Hall–Kier alpha value is -1.85. The van der Waals surface area contributed by atoms with Gasteiger partial charge in [0.1, 0.15) is 0 Å². The fraction of sp³-hybridized carbons (Fsp3) is 0.444. The average Bonchev–Trinajstić information content (AvgIpc) is 2.12. The molecule has 0 aromatic rings. The van der Waals surface area contributed by atoms with E-state index < -0.39 is 29.8 Å². The Morgan fingerprint density at radius 1 is 1.27 bits per heavy atom. The molecule has 0 atom stereocenters. The fourth-order valence-electron chi connectivity index (χ4n) is 0.809. The summed E-state index contributed by atoms with van der Waals surface area (Å²) in [6, 6.07) is 0. The van der Waals surface area contributed by atoms with Crippen LogP contribution in [0.5, 0.6) is 0 Å². The molecule has 0 aliphatic heterocycles. The predicted molar refractivity (Wildman–Crippen MR) is 51.3 cm³/mol. The monoisotopic (exact) mass is 215 g/mol. The summed E-state index contributed by atoms with van der Waals surface area (Å²) in [5.41, 5.74) is -0.434. The van der Waals surface area contributed by atoms with E-state index >= 15 is 0 Å². The normalized spacial score (nSPS) is 10.9. The first-order valence-corrected chi connectivity index (χ1v) is 4.40. The molecule has 0 aliphatic carbocycles. The van der Waals surface area contributed by atoms with Crippen LogP contribution in [0.3, 0.4) is 0 Å². The quantitative estimate of drug-likeness (QED) is 0.541. The standard InChI is InChI=1S/C9H13NO5/c1-2-3-10-7(11)4-6(9(14)15)5-8(12)13/h4H,2-3,5H2,1H3,(H,10,11)(H,12,13)(H,14,15)/b6-4-. The van der Waals surface area contributed by atoms with Crippen LogP contribution in [0.4, 0.5) is 0 Å². The van der Waals surface area contributed by atoms with Crippen LogP contribution in [-0.4, -0.2) is 34.6 Å². The van der Waals surface area contributed by atoms with Crippen molar-refractivity contribution in [1.29, 1.82) is 0 Å². The lowest BCUT2D eigenvalue weighted by Crippen LogP contribution is -2.23. The maximum Gasteiger partial charge on any atom is 0.332 e. The highest BCUT2D eigenvalue weighted by Gasteiger charge is 2.13. The van der Waals surface area contributed by atoms with Gasteiger partial charge in [-0.3, -0.25) is 9.59 Å². The number of nitrogens with one attached hydrogen (secondary N) is 1. The molecule has 0 saturated carbocycles. The van der Waals surface area contributed by atoms with E-state index in [1.807, 2.05) is 6.92 Å². The third-order valence-corrected chi connectivity index (χ3v) is 1.47. The Kier molecular flexibility index (Phi) is 5.77. The molecule has 0 heterocycles. The minimum Gasteiger partial charge on any atom is -0.481 e. The third kappa shape index (κ3) is 6.25. The SMILES string of the molecule is CCCNC(=O)/C=C(/CC(=O)O)C(=O)O. The summed E-state index contributed by atoms with van der Waals surface area (Å²) in [5.74, 6) is -3.27. The molecule has 84 valence electrons. The van der Waals surface area contributed by atoms with Crippen LogP contribution in [0, 0.1) is 0 Å². The van der Waals surface area contributed by atoms with E-state index in [9.17, 15) is 14.4 Å². The van der Waals surface area contributed by atoms with Crippen molar-refractivity contribution in [3.05, 3.63) is 11.6 Å². The first kappa shape index (κ1) is 13.2. The minimum absolute atomic E-state index is 0.426. The molecule has 0 aliphatic rings. The van der Waals surface area contributed by atoms with Crippen molar-refractivity contribution in [2.45, 2.75) is 19.8 Å². The number of rotatable bonds is 6. The van der Waals surface area contributed by atoms with Gasteiger partial charge >= 0.3 is 11.9 Å². The molecular formula is C9H13NO5. The van der Waals surface area contributed by atoms with Crippen LogP contribution in [0.1, 0.15) is 19.8 Å². The van der Waals surface area contributed by atoms with Gasteiger partial charge in [0.15, 0.2) is 0 Å². The molecule has 0 saturated heterocycles. The summed E-state index contributed by atoms with van der Waals surface area (Å²) < 4.78 is 0. The van der Waals surface area contributed by atoms with Gasteiger partial charge in [0.2, 0.25) is 5.91 Å². The van der Waals surface area contributed by atoms with E-state index in [0.29, 0.717) is 6.54 Å². The van der Waals surface area contributed by atoms with Gasteiger partial charge in [0.25, 0.3) is 0 Å². The van der Waals surface area contributed by atoms with E-state index in [-0.39, 0.29) is 0 Å². The summed E-state index contributed by atoms with van der Waals surface area (Å²) in [4.78, 5) is 31.9. The van der Waals surface area contributed by atoms with Gasteiger partial charge in [0, 0.05) is 12.6 Å². The van der Waals surface area contributed by atoms with Gasteiger partial charge in [-0.1, -0.05) is 6.92 Å². The summed E-state index contributed by atoms with van der Waals surface area (Å²) in [6.07, 6.45) is 0.849. The summed E-state index contributed by atoms with van der Waals surface area (Å²) >= 11 is 0. The molecule has 0 unspecified atom stereocenters. The Morgan fingerprint density at radius 3 is 2.27 bits per heavy atom. The van der Waals surface area contributed by atoms with Crippen LogP contribution in [0.25, 0.3) is 0 Å². The molecule has 3 N–H and O–H groups in total. The molecule has 6 heteroatoms. The number of hydrogen-bond acceptors (Lipinski definition) is 3. The summed E-state index contributed by atoms with van der Waals surface area (Å²) in [5, 5.41) is 19.4. The highest BCUT2D eigenvalue weighted by Crippen LogP contribution is 2.01. The third-order valence-electron chi connectivity index (χ3n) is 1.47. The van der Waals surface area contributed by atoms with Crippen molar-refractivity contribution in [1.82, 2.24) is 5.32 Å². The molecule has 1 amide bonds. The van der Waals surface area contributed by atoms with Gasteiger partial charge in [0.05, 0.1) is 12.0 Å². The van der Waals surface area contributed by atoms with E-state index in [1.165, 1.54) is 0 Å². The summed E-state index contributed by atoms with van der Waals surface area (Å²) in [6.45, 7) is 2.27. The number of amides is 1. The number of hydrogen-bond donors (Lipinski definition) is 3. The number of carboxylic acids is 2. The largest absolute Gasteiger partial charge is 0.481 e. The van der Waals surface area contributed by atoms with Gasteiger partial charge in [-0.25, -0.2) is 4.79 Å². The maximum absolute atomic E-state index is 11.1. The lowest BCUT2D eigenvalue weighted by molar-refractivity contribution is -0.139. The Labute approximate surface area is 86.6 Å². The number of carboxylic acid groups (broad SMARTS) is 2. The van der Waals surface area contributed by atoms with Crippen LogP contribution >= 0.6 is 0 Å². The van der Waals surface area contributed by atoms with E-state index in [2.05, 4.69) is 5.32 Å². The van der Waals surface area contributed by atoms with E-state index in [1.54, 1.807) is 0 Å². The van der Waals surface area contributed by atoms with Crippen molar-refractivity contribution in [3.8, 4) is 0 Å². The Morgan fingerprint density at radius 2 is 1.87 bits per heavy atom. The Bertz CT molecular complexity index is 295. The smallest absolute Gasteiger partial charge is 0.332 e. The van der Waals surface area contributed by atoms with E-state index in [4.69, 9.17) is 10.2 Å². The number of carbonyl (C=O) groups is 3. The highest BCUT2D eigenvalue weighted by molar-refractivity contribution is 6.00. The van der Waals surface area contributed by atoms with Gasteiger partial charge < -0.3 is 15.5 Å². The predicted octanol–water partition coefficient (Wildman–Crippen LogP) is -0.00170. The van der Waals surface area contributed by atoms with Crippen molar-refractivity contribution < 1.29 is 24.6 Å². The van der Waals surface area contributed by atoms with Crippen LogP contribution < -0.4 is 5.32 Å². The fourth-order valence-corrected chi connectivity index (χ4v) is 0.809. The molecular weight excluding hydrogens is 202 g/mol. The molecule has 0 spiro atoms. The second-order valence-corrected chi connectivity index (χ2v) is 2.84. The van der Waals surface area contributed by atoms with E-state index in [0.717, 1.165) is 12.5 Å². The molecule has 0 rings (SSSR count). The first-order chi connectivity index (χ1) is 6.97. The zero-order valence-electron chi connectivity index (χ0n) is 8.32. The molecule has 6 nitrogen and oxygen atoms in total. The summed E-state index contributed by atoms with van der Waals surface area (Å²) in [7, 11) is 0. The van der Waals surface area contributed by atoms with Gasteiger partial charge in [-0.15, -0.1) is 0 Å². The van der Waals surface area contributed by atoms with Crippen molar-refractivity contribution in [2.24, 2.45) is 0 Å².